The summed E-state index contributed by atoms with van der Waals surface area (Å²) in [6.45, 7) is 1.53. The van der Waals surface area contributed by atoms with Crippen LogP contribution in [0.1, 0.15) is 36.4 Å². The van der Waals surface area contributed by atoms with E-state index in [4.69, 9.17) is 11.6 Å². The van der Waals surface area contributed by atoms with Gasteiger partial charge in [-0.05, 0) is 55.2 Å². The molecule has 6 nitrogen and oxygen atoms in total. The number of aryl methyl sites for hydroxylation is 1. The third-order valence-corrected chi connectivity index (χ3v) is 5.55. The van der Waals surface area contributed by atoms with Gasteiger partial charge in [0.25, 0.3) is 0 Å². The maximum absolute atomic E-state index is 12.7. The Morgan fingerprint density at radius 3 is 2.77 bits per heavy atom. The number of carbonyl (C=O) groups is 1. The van der Waals surface area contributed by atoms with Gasteiger partial charge in [-0.2, -0.15) is 0 Å². The Morgan fingerprint density at radius 2 is 2.00 bits per heavy atom. The fraction of sp³-hybridized carbons (Fsp3) is 0.304. The molecule has 1 amide bonds. The Labute approximate surface area is 181 Å². The largest absolute Gasteiger partial charge is 0.342 e. The molecule has 2 aromatic heterocycles. The summed E-state index contributed by atoms with van der Waals surface area (Å²) in [7, 11) is 0. The zero-order chi connectivity index (χ0) is 20.8. The number of likely N-dealkylation sites (tertiary alicyclic amines) is 1. The third-order valence-electron chi connectivity index (χ3n) is 5.32. The number of benzene rings is 1. The lowest BCUT2D eigenvalue weighted by molar-refractivity contribution is -0.132. The minimum atomic E-state index is 0.194. The topological polar surface area (TPSA) is 71.0 Å². The minimum absolute atomic E-state index is 0.194. The van der Waals surface area contributed by atoms with Crippen LogP contribution < -0.4 is 5.32 Å². The molecule has 0 unspecified atom stereocenters. The molecular weight excluding hydrogens is 398 g/mol. The molecule has 1 aliphatic rings. The van der Waals surface area contributed by atoms with Gasteiger partial charge in [-0.25, -0.2) is 9.97 Å². The SMILES string of the molecule is O=C(CCc1cccc(Cl)c1)N1CCC[C@H](c2ccc(Nc3ncccn3)cn2)C1. The first kappa shape index (κ1) is 20.3. The summed E-state index contributed by atoms with van der Waals surface area (Å²) in [5.74, 6) is 0.997. The predicted molar refractivity (Wildman–Crippen MR) is 118 cm³/mol. The van der Waals surface area contributed by atoms with Crippen molar-refractivity contribution in [3.63, 3.8) is 0 Å². The van der Waals surface area contributed by atoms with Crippen LogP contribution in [0.5, 0.6) is 0 Å². The van der Waals surface area contributed by atoms with Crippen molar-refractivity contribution >= 4 is 29.1 Å². The zero-order valence-corrected chi connectivity index (χ0v) is 17.4. The molecule has 1 atom stereocenters. The molecule has 1 aliphatic heterocycles. The molecule has 0 spiro atoms. The van der Waals surface area contributed by atoms with Crippen LogP contribution in [-0.2, 0) is 11.2 Å². The Balaban J connectivity index is 1.33. The minimum Gasteiger partial charge on any atom is -0.342 e. The van der Waals surface area contributed by atoms with Gasteiger partial charge in [0.2, 0.25) is 11.9 Å². The lowest BCUT2D eigenvalue weighted by Gasteiger charge is -2.32. The number of piperidine rings is 1. The van der Waals surface area contributed by atoms with Crippen LogP contribution in [0, 0.1) is 0 Å². The van der Waals surface area contributed by atoms with E-state index in [-0.39, 0.29) is 11.8 Å². The van der Waals surface area contributed by atoms with Crippen molar-refractivity contribution < 1.29 is 4.79 Å². The Bertz CT molecular complexity index is 980. The molecule has 0 aliphatic carbocycles. The van der Waals surface area contributed by atoms with E-state index in [1.165, 1.54) is 0 Å². The van der Waals surface area contributed by atoms with Crippen molar-refractivity contribution in [3.8, 4) is 0 Å². The molecule has 7 heteroatoms. The van der Waals surface area contributed by atoms with Gasteiger partial charge in [0, 0.05) is 48.5 Å². The van der Waals surface area contributed by atoms with Gasteiger partial charge in [0.1, 0.15) is 0 Å². The Kier molecular flexibility index (Phi) is 6.54. The summed E-state index contributed by atoms with van der Waals surface area (Å²) in [5.41, 5.74) is 2.95. The highest BCUT2D eigenvalue weighted by atomic mass is 35.5. The lowest BCUT2D eigenvalue weighted by Crippen LogP contribution is -2.39. The van der Waals surface area contributed by atoms with Crippen LogP contribution in [0.15, 0.2) is 61.1 Å². The predicted octanol–water partition coefficient (Wildman–Crippen LogP) is 4.61. The Hall–Kier alpha value is -2.99. The second-order valence-electron chi connectivity index (χ2n) is 7.48. The first-order chi connectivity index (χ1) is 14.7. The smallest absolute Gasteiger partial charge is 0.227 e. The van der Waals surface area contributed by atoms with E-state index in [1.54, 1.807) is 24.7 Å². The van der Waals surface area contributed by atoms with E-state index >= 15 is 0 Å². The van der Waals surface area contributed by atoms with Gasteiger partial charge in [-0.3, -0.25) is 9.78 Å². The molecule has 4 rings (SSSR count). The average molecular weight is 422 g/mol. The summed E-state index contributed by atoms with van der Waals surface area (Å²) in [6.07, 6.45) is 8.42. The first-order valence-corrected chi connectivity index (χ1v) is 10.6. The molecule has 154 valence electrons. The molecule has 1 fully saturated rings. The number of halogens is 1. The number of hydrogen-bond donors (Lipinski definition) is 1. The van der Waals surface area contributed by atoms with Crippen LogP contribution in [0.2, 0.25) is 5.02 Å². The highest BCUT2D eigenvalue weighted by Crippen LogP contribution is 2.27. The number of rotatable bonds is 6. The van der Waals surface area contributed by atoms with E-state index in [0.29, 0.717) is 23.8 Å². The normalized spacial score (nSPS) is 16.3. The standard InChI is InChI=1S/C23H24ClN5O/c24-19-6-1-4-17(14-19)7-10-22(30)29-13-2-5-18(16-29)21-9-8-20(15-27-21)28-23-25-11-3-12-26-23/h1,3-4,6,8-9,11-12,14-15,18H,2,5,7,10,13,16H2,(H,25,26,28)/t18-/m0/s1. The van der Waals surface area contributed by atoms with Crippen LogP contribution in [0.4, 0.5) is 11.6 Å². The maximum atomic E-state index is 12.7. The summed E-state index contributed by atoms with van der Waals surface area (Å²) >= 11 is 6.04. The maximum Gasteiger partial charge on any atom is 0.227 e. The van der Waals surface area contributed by atoms with Gasteiger partial charge in [0.05, 0.1) is 11.9 Å². The van der Waals surface area contributed by atoms with Gasteiger partial charge < -0.3 is 10.2 Å². The molecule has 0 radical (unpaired) electrons. The van der Waals surface area contributed by atoms with Crippen LogP contribution in [0.3, 0.4) is 0 Å². The van der Waals surface area contributed by atoms with Gasteiger partial charge in [0.15, 0.2) is 0 Å². The molecule has 3 heterocycles. The quantitative estimate of drug-likeness (QED) is 0.629. The van der Waals surface area contributed by atoms with Gasteiger partial charge in [-0.15, -0.1) is 0 Å². The van der Waals surface area contributed by atoms with E-state index in [1.807, 2.05) is 41.3 Å². The highest BCUT2D eigenvalue weighted by Gasteiger charge is 2.25. The summed E-state index contributed by atoms with van der Waals surface area (Å²) in [5, 5.41) is 3.85. The number of amides is 1. The van der Waals surface area contributed by atoms with Gasteiger partial charge >= 0.3 is 0 Å². The number of pyridine rings is 1. The van der Waals surface area contributed by atoms with Crippen molar-refractivity contribution in [3.05, 3.63) is 77.3 Å². The third kappa shape index (κ3) is 5.33. The average Bonchev–Trinajstić information content (AvgIpc) is 2.79. The number of nitrogens with zero attached hydrogens (tertiary/aromatic N) is 4. The monoisotopic (exact) mass is 421 g/mol. The molecule has 0 bridgehead atoms. The van der Waals surface area contributed by atoms with E-state index in [0.717, 1.165) is 42.9 Å². The molecule has 3 aromatic rings. The fourth-order valence-corrected chi connectivity index (χ4v) is 3.97. The van der Waals surface area contributed by atoms with Crippen LogP contribution in [-0.4, -0.2) is 38.8 Å². The first-order valence-electron chi connectivity index (χ1n) is 10.2. The van der Waals surface area contributed by atoms with E-state index in [9.17, 15) is 4.79 Å². The van der Waals surface area contributed by atoms with Crippen molar-refractivity contribution in [2.24, 2.45) is 0 Å². The molecule has 0 saturated carbocycles. The van der Waals surface area contributed by atoms with E-state index in [2.05, 4.69) is 20.3 Å². The molecule has 30 heavy (non-hydrogen) atoms. The van der Waals surface area contributed by atoms with Crippen molar-refractivity contribution in [1.82, 2.24) is 19.9 Å². The summed E-state index contributed by atoms with van der Waals surface area (Å²) < 4.78 is 0. The van der Waals surface area contributed by atoms with Crippen molar-refractivity contribution in [2.75, 3.05) is 18.4 Å². The summed E-state index contributed by atoms with van der Waals surface area (Å²) in [6, 6.07) is 13.5. The second kappa shape index (κ2) is 9.67. The fourth-order valence-electron chi connectivity index (χ4n) is 3.76. The van der Waals surface area contributed by atoms with Crippen molar-refractivity contribution in [1.29, 1.82) is 0 Å². The second-order valence-corrected chi connectivity index (χ2v) is 7.91. The lowest BCUT2D eigenvalue weighted by atomic mass is 9.94. The number of nitrogens with one attached hydrogen (secondary N) is 1. The number of carbonyl (C=O) groups excluding carboxylic acids is 1. The number of hydrogen-bond acceptors (Lipinski definition) is 5. The molecule has 1 aromatic carbocycles. The Morgan fingerprint density at radius 1 is 1.13 bits per heavy atom. The number of anilines is 2. The van der Waals surface area contributed by atoms with E-state index < -0.39 is 0 Å². The van der Waals surface area contributed by atoms with Crippen LogP contribution in [0.25, 0.3) is 0 Å². The van der Waals surface area contributed by atoms with Crippen LogP contribution >= 0.6 is 11.6 Å². The molecular formula is C23H24ClN5O. The molecule has 1 N–H and O–H groups in total. The number of aromatic nitrogens is 3. The highest BCUT2D eigenvalue weighted by molar-refractivity contribution is 6.30. The molecule has 1 saturated heterocycles. The zero-order valence-electron chi connectivity index (χ0n) is 16.7. The summed E-state index contributed by atoms with van der Waals surface area (Å²) in [4.78, 5) is 27.7. The van der Waals surface area contributed by atoms with Crippen molar-refractivity contribution in [2.45, 2.75) is 31.6 Å². The van der Waals surface area contributed by atoms with Gasteiger partial charge in [-0.1, -0.05) is 23.7 Å².